The summed E-state index contributed by atoms with van der Waals surface area (Å²) in [4.78, 5) is 14.1. The first kappa shape index (κ1) is 8.19. The quantitative estimate of drug-likeness (QED) is 0.551. The van der Waals surface area contributed by atoms with Crippen molar-refractivity contribution in [2.75, 3.05) is 5.73 Å². The molecule has 0 unspecified atom stereocenters. The molecule has 5 heteroatoms. The predicted octanol–water partition coefficient (Wildman–Crippen LogP) is 0.360. The molecule has 0 atom stereocenters. The van der Waals surface area contributed by atoms with Crippen molar-refractivity contribution in [3.63, 3.8) is 0 Å². The van der Waals surface area contributed by atoms with Crippen molar-refractivity contribution in [3.05, 3.63) is 23.5 Å². The number of carboxylic acid groups (broad SMARTS) is 1. The van der Waals surface area contributed by atoms with Crippen LogP contribution < -0.4 is 5.73 Å². The molecule has 0 saturated carbocycles. The van der Waals surface area contributed by atoms with Crippen LogP contribution in [0.5, 0.6) is 0 Å². The first-order chi connectivity index (χ1) is 5.65. The van der Waals surface area contributed by atoms with Gasteiger partial charge in [-0.25, -0.2) is 4.79 Å². The SMILES string of the molecule is N=Cc1ncc(C(=O)O)cc1N. The molecule has 0 saturated heterocycles. The second-order valence-corrected chi connectivity index (χ2v) is 2.15. The molecule has 0 aromatic carbocycles. The van der Waals surface area contributed by atoms with Crippen molar-refractivity contribution in [2.24, 2.45) is 0 Å². The third kappa shape index (κ3) is 1.39. The zero-order valence-corrected chi connectivity index (χ0v) is 6.11. The zero-order chi connectivity index (χ0) is 9.14. The van der Waals surface area contributed by atoms with Crippen LogP contribution in [-0.2, 0) is 0 Å². The van der Waals surface area contributed by atoms with Gasteiger partial charge in [0, 0.05) is 12.4 Å². The van der Waals surface area contributed by atoms with Gasteiger partial charge in [0.25, 0.3) is 0 Å². The summed E-state index contributed by atoms with van der Waals surface area (Å²) in [6.45, 7) is 0. The van der Waals surface area contributed by atoms with Crippen molar-refractivity contribution in [3.8, 4) is 0 Å². The Morgan fingerprint density at radius 1 is 1.75 bits per heavy atom. The zero-order valence-electron chi connectivity index (χ0n) is 6.11. The maximum atomic E-state index is 10.4. The number of nitrogen functional groups attached to an aromatic ring is 1. The maximum Gasteiger partial charge on any atom is 0.337 e. The van der Waals surface area contributed by atoms with Crippen molar-refractivity contribution < 1.29 is 9.90 Å². The number of hydrogen-bond donors (Lipinski definition) is 3. The van der Waals surface area contributed by atoms with E-state index >= 15 is 0 Å². The lowest BCUT2D eigenvalue weighted by Crippen LogP contribution is -2.02. The molecule has 4 N–H and O–H groups in total. The van der Waals surface area contributed by atoms with Crippen LogP contribution in [-0.4, -0.2) is 22.3 Å². The maximum absolute atomic E-state index is 10.4. The van der Waals surface area contributed by atoms with E-state index < -0.39 is 5.97 Å². The Morgan fingerprint density at radius 3 is 2.83 bits per heavy atom. The number of pyridine rings is 1. The van der Waals surface area contributed by atoms with Crippen LogP contribution in [0.4, 0.5) is 5.69 Å². The Balaban J connectivity index is 3.18. The average Bonchev–Trinajstić information content (AvgIpc) is 2.04. The Morgan fingerprint density at radius 2 is 2.42 bits per heavy atom. The molecule has 0 fully saturated rings. The van der Waals surface area contributed by atoms with E-state index in [4.69, 9.17) is 16.2 Å². The summed E-state index contributed by atoms with van der Waals surface area (Å²) in [5, 5.41) is 15.4. The monoisotopic (exact) mass is 165 g/mol. The van der Waals surface area contributed by atoms with E-state index in [1.807, 2.05) is 0 Å². The third-order valence-electron chi connectivity index (χ3n) is 1.33. The molecule has 62 valence electrons. The van der Waals surface area contributed by atoms with E-state index in [0.717, 1.165) is 6.21 Å². The van der Waals surface area contributed by atoms with Crippen molar-refractivity contribution in [2.45, 2.75) is 0 Å². The molecule has 0 aliphatic heterocycles. The Labute approximate surface area is 68.4 Å². The van der Waals surface area contributed by atoms with Crippen LogP contribution in [0, 0.1) is 5.41 Å². The lowest BCUT2D eigenvalue weighted by molar-refractivity contribution is 0.0696. The van der Waals surface area contributed by atoms with Gasteiger partial charge in [-0.1, -0.05) is 0 Å². The lowest BCUT2D eigenvalue weighted by atomic mass is 10.2. The van der Waals surface area contributed by atoms with Gasteiger partial charge in [-0.2, -0.15) is 0 Å². The second kappa shape index (κ2) is 3.00. The minimum absolute atomic E-state index is 0.0260. The molecular weight excluding hydrogens is 158 g/mol. The topological polar surface area (TPSA) is 100 Å². The lowest BCUT2D eigenvalue weighted by Gasteiger charge is -1.98. The number of nitrogens with one attached hydrogen (secondary N) is 1. The van der Waals surface area contributed by atoms with Crippen LogP contribution in [0.3, 0.4) is 0 Å². The van der Waals surface area contributed by atoms with Gasteiger partial charge < -0.3 is 16.2 Å². The molecule has 1 aromatic rings. The van der Waals surface area contributed by atoms with Crippen molar-refractivity contribution in [1.82, 2.24) is 4.98 Å². The molecule has 12 heavy (non-hydrogen) atoms. The van der Waals surface area contributed by atoms with E-state index in [9.17, 15) is 4.79 Å². The highest BCUT2D eigenvalue weighted by atomic mass is 16.4. The highest BCUT2D eigenvalue weighted by Gasteiger charge is 2.05. The summed E-state index contributed by atoms with van der Waals surface area (Å²) in [6, 6.07) is 1.27. The molecule has 0 aliphatic rings. The third-order valence-corrected chi connectivity index (χ3v) is 1.33. The van der Waals surface area contributed by atoms with Gasteiger partial charge >= 0.3 is 5.97 Å². The van der Waals surface area contributed by atoms with E-state index in [1.54, 1.807) is 0 Å². The molecule has 0 spiro atoms. The molecule has 0 amide bonds. The molecule has 5 nitrogen and oxygen atoms in total. The number of nitrogens with zero attached hydrogens (tertiary/aromatic N) is 1. The van der Waals surface area contributed by atoms with E-state index in [2.05, 4.69) is 4.98 Å². The second-order valence-electron chi connectivity index (χ2n) is 2.15. The summed E-state index contributed by atoms with van der Waals surface area (Å²) in [5.74, 6) is -1.08. The van der Waals surface area contributed by atoms with Gasteiger partial charge in [0.1, 0.15) is 5.69 Å². The average molecular weight is 165 g/mol. The van der Waals surface area contributed by atoms with E-state index in [0.29, 0.717) is 0 Å². The first-order valence-electron chi connectivity index (χ1n) is 3.14. The molecule has 0 radical (unpaired) electrons. The smallest absolute Gasteiger partial charge is 0.337 e. The molecule has 1 aromatic heterocycles. The largest absolute Gasteiger partial charge is 0.478 e. The van der Waals surface area contributed by atoms with Crippen molar-refractivity contribution in [1.29, 1.82) is 5.41 Å². The number of hydrogen-bond acceptors (Lipinski definition) is 4. The van der Waals surface area contributed by atoms with Crippen LogP contribution >= 0.6 is 0 Å². The van der Waals surface area contributed by atoms with Gasteiger partial charge in [0.05, 0.1) is 11.3 Å². The fraction of sp³-hybridized carbons (Fsp3) is 0. The number of anilines is 1. The van der Waals surface area contributed by atoms with E-state index in [-0.39, 0.29) is 16.9 Å². The van der Waals surface area contributed by atoms with Gasteiger partial charge in [-0.15, -0.1) is 0 Å². The van der Waals surface area contributed by atoms with Gasteiger partial charge in [0.15, 0.2) is 0 Å². The first-order valence-corrected chi connectivity index (χ1v) is 3.14. The molecular formula is C7H7N3O2. The Kier molecular flexibility index (Phi) is 2.05. The summed E-state index contributed by atoms with van der Waals surface area (Å²) in [5.41, 5.74) is 5.90. The fourth-order valence-corrected chi connectivity index (χ4v) is 0.730. The Bertz CT molecular complexity index is 335. The molecule has 1 rings (SSSR count). The number of aromatic carboxylic acids is 1. The highest BCUT2D eigenvalue weighted by molar-refractivity contribution is 5.91. The Hall–Kier alpha value is -1.91. The molecule has 0 bridgehead atoms. The van der Waals surface area contributed by atoms with Crippen molar-refractivity contribution >= 4 is 17.9 Å². The fourth-order valence-electron chi connectivity index (χ4n) is 0.730. The summed E-state index contributed by atoms with van der Waals surface area (Å²) >= 11 is 0. The van der Waals surface area contributed by atoms with Crippen LogP contribution in [0.15, 0.2) is 12.3 Å². The standard InChI is InChI=1S/C7H7N3O2/c8-2-6-5(9)1-4(3-10-6)7(11)12/h1-3,8H,9H2,(H,11,12). The molecule has 0 aliphatic carbocycles. The molecule has 1 heterocycles. The normalized spacial score (nSPS) is 9.33. The highest BCUT2D eigenvalue weighted by Crippen LogP contribution is 2.08. The van der Waals surface area contributed by atoms with Gasteiger partial charge in [-0.3, -0.25) is 4.98 Å². The van der Waals surface area contributed by atoms with Crippen LogP contribution in [0.25, 0.3) is 0 Å². The summed E-state index contributed by atoms with van der Waals surface area (Å²) in [6.07, 6.45) is 2.14. The minimum atomic E-state index is -1.08. The van der Waals surface area contributed by atoms with Crippen LogP contribution in [0.2, 0.25) is 0 Å². The predicted molar refractivity (Wildman–Crippen MR) is 43.5 cm³/mol. The van der Waals surface area contributed by atoms with Gasteiger partial charge in [-0.05, 0) is 6.07 Å². The number of carbonyl (C=O) groups is 1. The number of rotatable bonds is 2. The van der Waals surface area contributed by atoms with E-state index in [1.165, 1.54) is 12.3 Å². The summed E-state index contributed by atoms with van der Waals surface area (Å²) < 4.78 is 0. The van der Waals surface area contributed by atoms with Crippen LogP contribution in [0.1, 0.15) is 16.1 Å². The van der Waals surface area contributed by atoms with Gasteiger partial charge in [0.2, 0.25) is 0 Å². The minimum Gasteiger partial charge on any atom is -0.478 e. The summed E-state index contributed by atoms with van der Waals surface area (Å²) in [7, 11) is 0. The number of nitrogens with two attached hydrogens (primary N) is 1. The number of aromatic nitrogens is 1. The number of carboxylic acids is 1.